The van der Waals surface area contributed by atoms with E-state index in [1.54, 1.807) is 48.5 Å². The molecule has 0 saturated heterocycles. The second kappa shape index (κ2) is 9.60. The molecule has 156 valence electrons. The van der Waals surface area contributed by atoms with Crippen LogP contribution in [0.5, 0.6) is 11.5 Å². The number of aryl methyl sites for hydroxylation is 2. The van der Waals surface area contributed by atoms with Gasteiger partial charge in [0.1, 0.15) is 23.9 Å². The standard InChI is InChI=1S/C22H22N2O6/c1-14-20(15(2)30-24-14)12-28-18-8-4-16(5-9-18)22(26)23-17-6-10-19(11-7-17)29-13-21(25)27-3/h4-11H,12-13H2,1-3H3,(H,23,26). The highest BCUT2D eigenvalue weighted by Crippen LogP contribution is 2.20. The van der Waals surface area contributed by atoms with Crippen molar-refractivity contribution < 1.29 is 28.3 Å². The minimum Gasteiger partial charge on any atom is -0.489 e. The molecule has 0 bridgehead atoms. The van der Waals surface area contributed by atoms with Gasteiger partial charge in [0.2, 0.25) is 0 Å². The van der Waals surface area contributed by atoms with Crippen LogP contribution < -0.4 is 14.8 Å². The Labute approximate surface area is 173 Å². The number of amides is 1. The molecule has 0 radical (unpaired) electrons. The molecule has 0 unspecified atom stereocenters. The maximum absolute atomic E-state index is 12.4. The summed E-state index contributed by atoms with van der Waals surface area (Å²) in [6, 6.07) is 13.5. The van der Waals surface area contributed by atoms with E-state index in [-0.39, 0.29) is 12.5 Å². The molecule has 8 nitrogen and oxygen atoms in total. The van der Waals surface area contributed by atoms with Gasteiger partial charge in [-0.15, -0.1) is 0 Å². The van der Waals surface area contributed by atoms with E-state index in [0.717, 1.165) is 17.0 Å². The second-order valence-corrected chi connectivity index (χ2v) is 6.46. The fourth-order valence-corrected chi connectivity index (χ4v) is 2.60. The number of esters is 1. The Bertz CT molecular complexity index is 990. The summed E-state index contributed by atoms with van der Waals surface area (Å²) in [5.41, 5.74) is 2.80. The third kappa shape index (κ3) is 5.38. The van der Waals surface area contributed by atoms with E-state index >= 15 is 0 Å². The van der Waals surface area contributed by atoms with Crippen LogP contribution in [-0.2, 0) is 16.1 Å². The number of nitrogens with zero attached hydrogens (tertiary/aromatic N) is 1. The zero-order chi connectivity index (χ0) is 21.5. The summed E-state index contributed by atoms with van der Waals surface area (Å²) >= 11 is 0. The number of benzene rings is 2. The average Bonchev–Trinajstić information content (AvgIpc) is 3.09. The Balaban J connectivity index is 1.53. The number of carbonyl (C=O) groups excluding carboxylic acids is 2. The summed E-state index contributed by atoms with van der Waals surface area (Å²) in [4.78, 5) is 23.5. The van der Waals surface area contributed by atoms with Gasteiger partial charge in [0.25, 0.3) is 5.91 Å². The molecule has 0 aliphatic rings. The normalized spacial score (nSPS) is 10.4. The minimum atomic E-state index is -0.466. The van der Waals surface area contributed by atoms with Crippen molar-refractivity contribution in [3.63, 3.8) is 0 Å². The highest BCUT2D eigenvalue weighted by atomic mass is 16.6. The van der Waals surface area contributed by atoms with Gasteiger partial charge in [0.15, 0.2) is 6.61 Å². The maximum atomic E-state index is 12.4. The van der Waals surface area contributed by atoms with Crippen molar-refractivity contribution in [2.24, 2.45) is 0 Å². The van der Waals surface area contributed by atoms with Crippen molar-refractivity contribution in [2.75, 3.05) is 19.0 Å². The minimum absolute atomic E-state index is 0.174. The summed E-state index contributed by atoms with van der Waals surface area (Å²) < 4.78 is 20.6. The molecule has 1 amide bonds. The van der Waals surface area contributed by atoms with Crippen LogP contribution in [-0.4, -0.2) is 30.7 Å². The number of carbonyl (C=O) groups is 2. The van der Waals surface area contributed by atoms with Crippen molar-refractivity contribution in [2.45, 2.75) is 20.5 Å². The number of nitrogens with one attached hydrogen (secondary N) is 1. The number of hydrogen-bond acceptors (Lipinski definition) is 7. The number of ether oxygens (including phenoxy) is 3. The average molecular weight is 410 g/mol. The Hall–Kier alpha value is -3.81. The lowest BCUT2D eigenvalue weighted by Crippen LogP contribution is -2.13. The van der Waals surface area contributed by atoms with E-state index in [4.69, 9.17) is 14.0 Å². The molecule has 3 aromatic rings. The number of rotatable bonds is 8. The van der Waals surface area contributed by atoms with Crippen LogP contribution in [0.3, 0.4) is 0 Å². The number of hydrogen-bond donors (Lipinski definition) is 1. The van der Waals surface area contributed by atoms with Gasteiger partial charge in [0.05, 0.1) is 18.4 Å². The maximum Gasteiger partial charge on any atom is 0.343 e. The van der Waals surface area contributed by atoms with E-state index in [2.05, 4.69) is 15.2 Å². The number of aromatic nitrogens is 1. The third-order valence-corrected chi connectivity index (χ3v) is 4.38. The van der Waals surface area contributed by atoms with E-state index in [9.17, 15) is 9.59 Å². The molecule has 1 aromatic heterocycles. The van der Waals surface area contributed by atoms with Crippen LogP contribution >= 0.6 is 0 Å². The molecule has 1 heterocycles. The quantitative estimate of drug-likeness (QED) is 0.566. The molecule has 0 atom stereocenters. The van der Waals surface area contributed by atoms with Crippen molar-refractivity contribution in [1.82, 2.24) is 5.16 Å². The van der Waals surface area contributed by atoms with Gasteiger partial charge in [0, 0.05) is 11.3 Å². The van der Waals surface area contributed by atoms with Gasteiger partial charge in [-0.05, 0) is 62.4 Å². The van der Waals surface area contributed by atoms with Gasteiger partial charge in [-0.3, -0.25) is 4.79 Å². The molecule has 8 heteroatoms. The van der Waals surface area contributed by atoms with Crippen LogP contribution in [0.15, 0.2) is 53.1 Å². The predicted octanol–water partition coefficient (Wildman–Crippen LogP) is 3.67. The molecule has 0 saturated carbocycles. The highest BCUT2D eigenvalue weighted by molar-refractivity contribution is 6.04. The first kappa shape index (κ1) is 20.9. The molecule has 3 rings (SSSR count). The van der Waals surface area contributed by atoms with E-state index in [1.807, 2.05) is 13.8 Å². The smallest absolute Gasteiger partial charge is 0.343 e. The fraction of sp³-hybridized carbons (Fsp3) is 0.227. The van der Waals surface area contributed by atoms with Crippen molar-refractivity contribution in [3.05, 3.63) is 71.1 Å². The molecular weight excluding hydrogens is 388 g/mol. The number of anilines is 1. The van der Waals surface area contributed by atoms with Gasteiger partial charge in [-0.1, -0.05) is 5.16 Å². The molecule has 0 spiro atoms. The third-order valence-electron chi connectivity index (χ3n) is 4.38. The second-order valence-electron chi connectivity index (χ2n) is 6.46. The van der Waals surface area contributed by atoms with E-state index in [1.165, 1.54) is 7.11 Å². The zero-order valence-electron chi connectivity index (χ0n) is 16.9. The Morgan fingerprint density at radius 3 is 2.20 bits per heavy atom. The van der Waals surface area contributed by atoms with Crippen LogP contribution in [0.1, 0.15) is 27.4 Å². The topological polar surface area (TPSA) is 99.9 Å². The lowest BCUT2D eigenvalue weighted by atomic mass is 10.2. The molecule has 1 N–H and O–H groups in total. The Morgan fingerprint density at radius 2 is 1.60 bits per heavy atom. The summed E-state index contributed by atoms with van der Waals surface area (Å²) in [6.45, 7) is 3.87. The Morgan fingerprint density at radius 1 is 0.967 bits per heavy atom. The predicted molar refractivity (Wildman–Crippen MR) is 109 cm³/mol. The first-order chi connectivity index (χ1) is 14.5. The van der Waals surface area contributed by atoms with Crippen molar-refractivity contribution in [3.8, 4) is 11.5 Å². The zero-order valence-corrected chi connectivity index (χ0v) is 16.9. The summed E-state index contributed by atoms with van der Waals surface area (Å²) in [6.07, 6.45) is 0. The summed E-state index contributed by atoms with van der Waals surface area (Å²) in [5, 5.41) is 6.70. The number of methoxy groups -OCH3 is 1. The molecule has 0 aliphatic heterocycles. The lowest BCUT2D eigenvalue weighted by Gasteiger charge is -2.09. The lowest BCUT2D eigenvalue weighted by molar-refractivity contribution is -0.142. The monoisotopic (exact) mass is 410 g/mol. The van der Waals surface area contributed by atoms with Gasteiger partial charge >= 0.3 is 5.97 Å². The molecule has 0 fully saturated rings. The first-order valence-corrected chi connectivity index (χ1v) is 9.22. The van der Waals surface area contributed by atoms with Gasteiger partial charge in [-0.25, -0.2) is 4.79 Å². The SMILES string of the molecule is COC(=O)COc1ccc(NC(=O)c2ccc(OCc3c(C)noc3C)cc2)cc1. The molecular formula is C22H22N2O6. The van der Waals surface area contributed by atoms with E-state index in [0.29, 0.717) is 29.4 Å². The highest BCUT2D eigenvalue weighted by Gasteiger charge is 2.11. The van der Waals surface area contributed by atoms with E-state index < -0.39 is 5.97 Å². The van der Waals surface area contributed by atoms with Gasteiger partial charge in [-0.2, -0.15) is 0 Å². The Kier molecular flexibility index (Phi) is 6.69. The fourth-order valence-electron chi connectivity index (χ4n) is 2.60. The summed E-state index contributed by atoms with van der Waals surface area (Å²) in [7, 11) is 1.29. The molecule has 30 heavy (non-hydrogen) atoms. The van der Waals surface area contributed by atoms with Crippen molar-refractivity contribution >= 4 is 17.6 Å². The van der Waals surface area contributed by atoms with Crippen LogP contribution in [0.25, 0.3) is 0 Å². The molecule has 2 aromatic carbocycles. The first-order valence-electron chi connectivity index (χ1n) is 9.22. The van der Waals surface area contributed by atoms with Crippen LogP contribution in [0.4, 0.5) is 5.69 Å². The molecule has 0 aliphatic carbocycles. The van der Waals surface area contributed by atoms with Crippen molar-refractivity contribution in [1.29, 1.82) is 0 Å². The summed E-state index contributed by atoms with van der Waals surface area (Å²) in [5.74, 6) is 1.14. The van der Waals surface area contributed by atoms with Crippen LogP contribution in [0.2, 0.25) is 0 Å². The van der Waals surface area contributed by atoms with Crippen LogP contribution in [0, 0.1) is 13.8 Å². The van der Waals surface area contributed by atoms with Gasteiger partial charge < -0.3 is 24.1 Å². The largest absolute Gasteiger partial charge is 0.489 e.